The van der Waals surface area contributed by atoms with Gasteiger partial charge in [-0.2, -0.15) is 0 Å². The number of fused-ring (bicyclic) bond motifs is 1. The number of hydrogen-bond donors (Lipinski definition) is 1. The molecule has 5 heteroatoms. The van der Waals surface area contributed by atoms with Crippen molar-refractivity contribution in [3.05, 3.63) is 82.9 Å². The molecule has 4 rings (SSSR count). The van der Waals surface area contributed by atoms with Crippen LogP contribution in [0.25, 0.3) is 11.6 Å². The van der Waals surface area contributed by atoms with E-state index in [-0.39, 0.29) is 5.91 Å². The van der Waals surface area contributed by atoms with Crippen molar-refractivity contribution in [3.8, 4) is 0 Å². The van der Waals surface area contributed by atoms with Crippen molar-refractivity contribution in [2.24, 2.45) is 0 Å². The molecule has 130 valence electrons. The van der Waals surface area contributed by atoms with Crippen molar-refractivity contribution in [2.45, 2.75) is 19.4 Å². The standard InChI is InChI=1S/C21H18ClN3O/c22-19-4-2-1-3-16(19)12-18(13-25-10-9-23-14-25)15-5-7-20-17(11-15)6-8-21(26)24-20/h1-5,7,9-12,14H,6,8,13H2,(H,24,26). The lowest BCUT2D eigenvalue weighted by Gasteiger charge is -2.19. The molecule has 0 fully saturated rings. The van der Waals surface area contributed by atoms with Gasteiger partial charge in [-0.15, -0.1) is 0 Å². The minimum absolute atomic E-state index is 0.0792. The second kappa shape index (κ2) is 7.18. The molecule has 0 bridgehead atoms. The molecule has 2 aromatic carbocycles. The average molecular weight is 364 g/mol. The van der Waals surface area contributed by atoms with Gasteiger partial charge in [-0.05, 0) is 53.0 Å². The number of benzene rings is 2. The molecule has 2 heterocycles. The third-order valence-electron chi connectivity index (χ3n) is 4.52. The van der Waals surface area contributed by atoms with E-state index in [0.29, 0.717) is 13.0 Å². The Morgan fingerprint density at radius 2 is 2.12 bits per heavy atom. The van der Waals surface area contributed by atoms with Crippen LogP contribution < -0.4 is 5.32 Å². The van der Waals surface area contributed by atoms with Crippen molar-refractivity contribution < 1.29 is 4.79 Å². The lowest BCUT2D eigenvalue weighted by Crippen LogP contribution is -2.19. The minimum atomic E-state index is 0.0792. The van der Waals surface area contributed by atoms with Crippen LogP contribution in [-0.2, 0) is 17.8 Å². The topological polar surface area (TPSA) is 46.9 Å². The smallest absolute Gasteiger partial charge is 0.224 e. The first-order chi connectivity index (χ1) is 12.7. The van der Waals surface area contributed by atoms with Crippen LogP contribution in [0.4, 0.5) is 5.69 Å². The molecule has 0 unspecified atom stereocenters. The fraction of sp³-hybridized carbons (Fsp3) is 0.143. The number of allylic oxidation sites excluding steroid dienone is 1. The van der Waals surface area contributed by atoms with Gasteiger partial charge in [0, 0.05) is 36.1 Å². The van der Waals surface area contributed by atoms with E-state index in [1.54, 1.807) is 12.5 Å². The van der Waals surface area contributed by atoms with E-state index in [9.17, 15) is 4.79 Å². The molecule has 0 saturated carbocycles. The minimum Gasteiger partial charge on any atom is -0.333 e. The SMILES string of the molecule is O=C1CCc2cc(C(=Cc3ccccc3Cl)Cn3ccnc3)ccc2N1. The number of anilines is 1. The number of aromatic nitrogens is 2. The molecule has 0 aliphatic carbocycles. The van der Waals surface area contributed by atoms with E-state index in [1.807, 2.05) is 47.2 Å². The summed E-state index contributed by atoms with van der Waals surface area (Å²) in [6.07, 6.45) is 8.93. The Hall–Kier alpha value is -2.85. The van der Waals surface area contributed by atoms with Crippen molar-refractivity contribution >= 4 is 34.8 Å². The van der Waals surface area contributed by atoms with Gasteiger partial charge in [-0.25, -0.2) is 4.98 Å². The van der Waals surface area contributed by atoms with Gasteiger partial charge in [-0.1, -0.05) is 35.9 Å². The van der Waals surface area contributed by atoms with Gasteiger partial charge < -0.3 is 9.88 Å². The summed E-state index contributed by atoms with van der Waals surface area (Å²) >= 11 is 6.36. The Labute approximate surface area is 157 Å². The summed E-state index contributed by atoms with van der Waals surface area (Å²) in [6, 6.07) is 14.0. The molecule has 0 saturated heterocycles. The molecule has 0 atom stereocenters. The van der Waals surface area contributed by atoms with Gasteiger partial charge >= 0.3 is 0 Å². The van der Waals surface area contributed by atoms with E-state index in [0.717, 1.165) is 39.4 Å². The Balaban J connectivity index is 1.76. The van der Waals surface area contributed by atoms with Crippen LogP contribution >= 0.6 is 11.6 Å². The molecule has 26 heavy (non-hydrogen) atoms. The molecule has 0 radical (unpaired) electrons. The molecule has 3 aromatic rings. The first-order valence-electron chi connectivity index (χ1n) is 8.53. The quantitative estimate of drug-likeness (QED) is 0.685. The predicted molar refractivity (Wildman–Crippen MR) is 105 cm³/mol. The number of hydrogen-bond acceptors (Lipinski definition) is 2. The summed E-state index contributed by atoms with van der Waals surface area (Å²) in [5, 5.41) is 3.66. The zero-order chi connectivity index (χ0) is 17.9. The van der Waals surface area contributed by atoms with Gasteiger partial charge in [0.25, 0.3) is 0 Å². The Morgan fingerprint density at radius 1 is 1.23 bits per heavy atom. The molecular formula is C21H18ClN3O. The van der Waals surface area contributed by atoms with E-state index in [1.165, 1.54) is 0 Å². The summed E-state index contributed by atoms with van der Waals surface area (Å²) in [4.78, 5) is 15.7. The lowest BCUT2D eigenvalue weighted by molar-refractivity contribution is -0.116. The van der Waals surface area contributed by atoms with Crippen LogP contribution in [0.3, 0.4) is 0 Å². The van der Waals surface area contributed by atoms with Crippen LogP contribution in [0.15, 0.2) is 61.2 Å². The first kappa shape index (κ1) is 16.6. The number of imidazole rings is 1. The van der Waals surface area contributed by atoms with Crippen molar-refractivity contribution in [2.75, 3.05) is 5.32 Å². The molecular weight excluding hydrogens is 346 g/mol. The number of rotatable bonds is 4. The number of nitrogens with zero attached hydrogens (tertiary/aromatic N) is 2. The zero-order valence-corrected chi connectivity index (χ0v) is 14.9. The van der Waals surface area contributed by atoms with Crippen molar-refractivity contribution in [3.63, 3.8) is 0 Å². The van der Waals surface area contributed by atoms with E-state index in [4.69, 9.17) is 11.6 Å². The van der Waals surface area contributed by atoms with Crippen LogP contribution in [0.1, 0.15) is 23.1 Å². The largest absolute Gasteiger partial charge is 0.333 e. The zero-order valence-electron chi connectivity index (χ0n) is 14.2. The van der Waals surface area contributed by atoms with Crippen LogP contribution in [-0.4, -0.2) is 15.5 Å². The summed E-state index contributed by atoms with van der Waals surface area (Å²) in [5.41, 5.74) is 5.31. The number of aryl methyl sites for hydroxylation is 1. The highest BCUT2D eigenvalue weighted by Crippen LogP contribution is 2.29. The third kappa shape index (κ3) is 3.55. The average Bonchev–Trinajstić information content (AvgIpc) is 3.15. The summed E-state index contributed by atoms with van der Waals surface area (Å²) in [5.74, 6) is 0.0792. The fourth-order valence-corrected chi connectivity index (χ4v) is 3.35. The highest BCUT2D eigenvalue weighted by atomic mass is 35.5. The van der Waals surface area contributed by atoms with Gasteiger partial charge in [0.05, 0.1) is 6.33 Å². The predicted octanol–water partition coefficient (Wildman–Crippen LogP) is 4.66. The molecule has 1 amide bonds. The summed E-state index contributed by atoms with van der Waals surface area (Å²) < 4.78 is 2.03. The van der Waals surface area contributed by atoms with Gasteiger partial charge in [0.15, 0.2) is 0 Å². The van der Waals surface area contributed by atoms with Crippen LogP contribution in [0.5, 0.6) is 0 Å². The molecule has 1 N–H and O–H groups in total. The summed E-state index contributed by atoms with van der Waals surface area (Å²) in [6.45, 7) is 0.691. The number of carbonyl (C=O) groups excluding carboxylic acids is 1. The Bertz CT molecular complexity index is 977. The maximum Gasteiger partial charge on any atom is 0.224 e. The van der Waals surface area contributed by atoms with Crippen LogP contribution in [0.2, 0.25) is 5.02 Å². The number of nitrogens with one attached hydrogen (secondary N) is 1. The monoisotopic (exact) mass is 363 g/mol. The van der Waals surface area contributed by atoms with Gasteiger partial charge in [-0.3, -0.25) is 4.79 Å². The molecule has 1 aromatic heterocycles. The van der Waals surface area contributed by atoms with Gasteiger partial charge in [0.2, 0.25) is 5.91 Å². The highest BCUT2D eigenvalue weighted by molar-refractivity contribution is 6.32. The van der Waals surface area contributed by atoms with Crippen molar-refractivity contribution in [1.82, 2.24) is 9.55 Å². The maximum absolute atomic E-state index is 11.6. The first-order valence-corrected chi connectivity index (χ1v) is 8.91. The molecule has 1 aliphatic rings. The second-order valence-electron chi connectivity index (χ2n) is 6.35. The van der Waals surface area contributed by atoms with Crippen LogP contribution in [0, 0.1) is 0 Å². The highest BCUT2D eigenvalue weighted by Gasteiger charge is 2.16. The molecule has 0 spiro atoms. The van der Waals surface area contributed by atoms with E-state index in [2.05, 4.69) is 22.4 Å². The Morgan fingerprint density at radius 3 is 2.92 bits per heavy atom. The fourth-order valence-electron chi connectivity index (χ4n) is 3.16. The second-order valence-corrected chi connectivity index (χ2v) is 6.75. The third-order valence-corrected chi connectivity index (χ3v) is 4.86. The van der Waals surface area contributed by atoms with E-state index < -0.39 is 0 Å². The lowest BCUT2D eigenvalue weighted by atomic mass is 9.95. The number of carbonyl (C=O) groups is 1. The van der Waals surface area contributed by atoms with E-state index >= 15 is 0 Å². The van der Waals surface area contributed by atoms with Crippen molar-refractivity contribution in [1.29, 1.82) is 0 Å². The molecule has 1 aliphatic heterocycles. The number of halogens is 1. The normalized spacial score (nSPS) is 14.0. The maximum atomic E-state index is 11.6. The summed E-state index contributed by atoms with van der Waals surface area (Å²) in [7, 11) is 0. The van der Waals surface area contributed by atoms with Gasteiger partial charge in [0.1, 0.15) is 0 Å². The Kier molecular flexibility index (Phi) is 4.59. The number of amides is 1. The molecule has 4 nitrogen and oxygen atoms in total.